The lowest BCUT2D eigenvalue weighted by atomic mass is 10.1. The van der Waals surface area contributed by atoms with Gasteiger partial charge < -0.3 is 15.1 Å². The largest absolute Gasteiger partial charge is 0.459 e. The molecule has 3 N–H and O–H groups in total. The van der Waals surface area contributed by atoms with Crippen LogP contribution >= 0.6 is 12.2 Å². The Morgan fingerprint density at radius 3 is 2.65 bits per heavy atom. The minimum atomic E-state index is -0.471. The molecule has 0 radical (unpaired) electrons. The quantitative estimate of drug-likeness (QED) is 0.579. The summed E-state index contributed by atoms with van der Waals surface area (Å²) in [6.07, 6.45) is 2.98. The van der Waals surface area contributed by atoms with Crippen LogP contribution in [0.1, 0.15) is 20.9 Å². The highest BCUT2D eigenvalue weighted by atomic mass is 32.1. The van der Waals surface area contributed by atoms with E-state index in [0.717, 1.165) is 0 Å². The van der Waals surface area contributed by atoms with Gasteiger partial charge in [0.05, 0.1) is 17.5 Å². The third-order valence-corrected chi connectivity index (χ3v) is 3.00. The molecular weight excluding hydrogens is 314 g/mol. The number of para-hydroxylation sites is 1. The van der Waals surface area contributed by atoms with Crippen molar-refractivity contribution in [2.45, 2.75) is 0 Å². The first kappa shape index (κ1) is 16.4. The van der Waals surface area contributed by atoms with Crippen molar-refractivity contribution in [3.05, 3.63) is 66.6 Å². The van der Waals surface area contributed by atoms with Crippen LogP contribution in [0.4, 0.5) is 5.69 Å². The van der Waals surface area contributed by atoms with E-state index in [1.165, 1.54) is 12.3 Å². The first-order valence-corrected chi connectivity index (χ1v) is 7.16. The molecule has 0 unspecified atom stereocenters. The zero-order valence-electron chi connectivity index (χ0n) is 12.2. The lowest BCUT2D eigenvalue weighted by Crippen LogP contribution is -2.34. The number of carbonyl (C=O) groups excluding carboxylic acids is 2. The number of carbonyl (C=O) groups is 2. The van der Waals surface area contributed by atoms with Gasteiger partial charge >= 0.3 is 0 Å². The maximum Gasteiger partial charge on any atom is 0.293 e. The molecule has 0 aliphatic carbocycles. The number of thiocarbonyl (C=S) groups is 1. The van der Waals surface area contributed by atoms with Gasteiger partial charge in [-0.05, 0) is 36.5 Å². The van der Waals surface area contributed by atoms with Gasteiger partial charge in [-0.25, -0.2) is 0 Å². The summed E-state index contributed by atoms with van der Waals surface area (Å²) < 4.78 is 4.98. The summed E-state index contributed by atoms with van der Waals surface area (Å²) >= 11 is 5.09. The van der Waals surface area contributed by atoms with Gasteiger partial charge in [0.2, 0.25) is 0 Å². The number of nitrogens with one attached hydrogen (secondary N) is 3. The summed E-state index contributed by atoms with van der Waals surface area (Å²) in [4.78, 5) is 23.9. The second-order valence-electron chi connectivity index (χ2n) is 4.43. The Morgan fingerprint density at radius 2 is 1.96 bits per heavy atom. The number of anilines is 1. The molecule has 0 saturated carbocycles. The van der Waals surface area contributed by atoms with Gasteiger partial charge in [0.15, 0.2) is 10.9 Å². The molecule has 0 bridgehead atoms. The number of amides is 2. The van der Waals surface area contributed by atoms with E-state index in [2.05, 4.69) is 22.5 Å². The summed E-state index contributed by atoms with van der Waals surface area (Å²) in [5, 5.41) is 8.06. The Balaban J connectivity index is 2.04. The topological polar surface area (TPSA) is 83.4 Å². The molecule has 0 spiro atoms. The highest BCUT2D eigenvalue weighted by Crippen LogP contribution is 2.14. The Hall–Kier alpha value is -2.93. The molecule has 23 heavy (non-hydrogen) atoms. The molecule has 7 heteroatoms. The van der Waals surface area contributed by atoms with Crippen LogP contribution in [0.3, 0.4) is 0 Å². The molecule has 0 atom stereocenters. The van der Waals surface area contributed by atoms with E-state index in [9.17, 15) is 9.59 Å². The van der Waals surface area contributed by atoms with Crippen LogP contribution < -0.4 is 16.0 Å². The molecule has 1 aromatic heterocycles. The summed E-state index contributed by atoms with van der Waals surface area (Å²) in [6.45, 7) is 3.90. The van der Waals surface area contributed by atoms with Crippen molar-refractivity contribution in [2.75, 3.05) is 11.9 Å². The van der Waals surface area contributed by atoms with Gasteiger partial charge in [0, 0.05) is 6.54 Å². The summed E-state index contributed by atoms with van der Waals surface area (Å²) in [5.74, 6) is -0.597. The molecule has 2 rings (SSSR count). The van der Waals surface area contributed by atoms with Crippen molar-refractivity contribution in [3.8, 4) is 0 Å². The highest BCUT2D eigenvalue weighted by Gasteiger charge is 2.14. The molecule has 1 aromatic carbocycles. The van der Waals surface area contributed by atoms with E-state index in [1.54, 1.807) is 36.4 Å². The predicted octanol–water partition coefficient (Wildman–Crippen LogP) is 2.32. The molecule has 0 aliphatic rings. The van der Waals surface area contributed by atoms with Crippen LogP contribution in [0.5, 0.6) is 0 Å². The fourth-order valence-corrected chi connectivity index (χ4v) is 1.98. The van der Waals surface area contributed by atoms with Crippen molar-refractivity contribution in [1.29, 1.82) is 0 Å². The first-order chi connectivity index (χ1) is 11.1. The normalized spacial score (nSPS) is 9.74. The van der Waals surface area contributed by atoms with Gasteiger partial charge in [0.1, 0.15) is 0 Å². The van der Waals surface area contributed by atoms with Crippen molar-refractivity contribution < 1.29 is 14.0 Å². The second kappa shape index (κ2) is 7.90. The van der Waals surface area contributed by atoms with Crippen LogP contribution in [0.2, 0.25) is 0 Å². The smallest absolute Gasteiger partial charge is 0.293 e. The number of furan rings is 1. The average Bonchev–Trinajstić information content (AvgIpc) is 3.07. The van der Waals surface area contributed by atoms with Crippen molar-refractivity contribution in [1.82, 2.24) is 10.6 Å². The number of benzene rings is 1. The van der Waals surface area contributed by atoms with E-state index in [-0.39, 0.29) is 16.8 Å². The Bertz CT molecular complexity index is 726. The zero-order valence-corrected chi connectivity index (χ0v) is 13.0. The summed E-state index contributed by atoms with van der Waals surface area (Å²) in [5.41, 5.74) is 0.891. The predicted molar refractivity (Wildman–Crippen MR) is 91.4 cm³/mol. The molecule has 0 fully saturated rings. The SMILES string of the molecule is C=CCNC(=O)c1ccccc1NC(=S)NC(=O)c1ccco1. The number of hydrogen-bond acceptors (Lipinski definition) is 4. The third kappa shape index (κ3) is 4.52. The van der Waals surface area contributed by atoms with E-state index >= 15 is 0 Å². The standard InChI is InChI=1S/C16H15N3O3S/c1-2-9-17-14(20)11-6-3-4-7-12(11)18-16(23)19-15(21)13-8-5-10-22-13/h2-8,10H,1,9H2,(H,17,20)(H2,18,19,21,23). The van der Waals surface area contributed by atoms with E-state index in [1.807, 2.05) is 0 Å². The molecule has 2 amide bonds. The molecule has 118 valence electrons. The van der Waals surface area contributed by atoms with E-state index in [4.69, 9.17) is 16.6 Å². The van der Waals surface area contributed by atoms with Gasteiger partial charge in [-0.1, -0.05) is 18.2 Å². The lowest BCUT2D eigenvalue weighted by molar-refractivity contribution is 0.0946. The highest BCUT2D eigenvalue weighted by molar-refractivity contribution is 7.80. The lowest BCUT2D eigenvalue weighted by Gasteiger charge is -2.12. The molecule has 1 heterocycles. The fraction of sp³-hybridized carbons (Fsp3) is 0.0625. The molecule has 0 saturated heterocycles. The first-order valence-electron chi connectivity index (χ1n) is 6.75. The number of rotatable bonds is 5. The monoisotopic (exact) mass is 329 g/mol. The molecule has 2 aromatic rings. The van der Waals surface area contributed by atoms with Gasteiger partial charge in [-0.2, -0.15) is 0 Å². The molecule has 6 nitrogen and oxygen atoms in total. The zero-order chi connectivity index (χ0) is 16.7. The van der Waals surface area contributed by atoms with E-state index < -0.39 is 5.91 Å². The Kier molecular flexibility index (Phi) is 5.65. The van der Waals surface area contributed by atoms with E-state index in [0.29, 0.717) is 17.8 Å². The second-order valence-corrected chi connectivity index (χ2v) is 4.84. The molecule has 0 aliphatic heterocycles. The Labute approximate surface area is 138 Å². The van der Waals surface area contributed by atoms with Crippen LogP contribution in [0, 0.1) is 0 Å². The minimum absolute atomic E-state index is 0.0652. The average molecular weight is 329 g/mol. The van der Waals surface area contributed by atoms with Gasteiger partial charge in [-0.15, -0.1) is 6.58 Å². The van der Waals surface area contributed by atoms with Crippen LogP contribution in [0.15, 0.2) is 59.7 Å². The molecular formula is C16H15N3O3S. The maximum atomic E-state index is 12.1. The maximum absolute atomic E-state index is 12.1. The summed E-state index contributed by atoms with van der Waals surface area (Å²) in [6, 6.07) is 9.95. The van der Waals surface area contributed by atoms with Crippen LogP contribution in [0.25, 0.3) is 0 Å². The fourth-order valence-electron chi connectivity index (χ4n) is 1.78. The Morgan fingerprint density at radius 1 is 1.17 bits per heavy atom. The van der Waals surface area contributed by atoms with Crippen LogP contribution in [-0.2, 0) is 0 Å². The van der Waals surface area contributed by atoms with Crippen molar-refractivity contribution in [2.24, 2.45) is 0 Å². The third-order valence-electron chi connectivity index (χ3n) is 2.80. The van der Waals surface area contributed by atoms with Gasteiger partial charge in [0.25, 0.3) is 11.8 Å². The van der Waals surface area contributed by atoms with Crippen molar-refractivity contribution in [3.63, 3.8) is 0 Å². The summed E-state index contributed by atoms with van der Waals surface area (Å²) in [7, 11) is 0. The van der Waals surface area contributed by atoms with Crippen molar-refractivity contribution >= 4 is 34.8 Å². The number of hydrogen-bond donors (Lipinski definition) is 3. The van der Waals surface area contributed by atoms with Gasteiger partial charge in [-0.3, -0.25) is 14.9 Å². The van der Waals surface area contributed by atoms with Crippen LogP contribution in [-0.4, -0.2) is 23.5 Å². The minimum Gasteiger partial charge on any atom is -0.459 e.